The Balaban J connectivity index is 2.16. The fourth-order valence-electron chi connectivity index (χ4n) is 2.36. The van der Waals surface area contributed by atoms with Crippen LogP contribution in [0.4, 0.5) is 14.9 Å². The molecule has 0 bridgehead atoms. The molecule has 0 unspecified atom stereocenters. The number of anilines is 1. The third kappa shape index (κ3) is 3.84. The van der Waals surface area contributed by atoms with Crippen LogP contribution >= 0.6 is 0 Å². The molecule has 1 aromatic carbocycles. The van der Waals surface area contributed by atoms with Crippen molar-refractivity contribution in [1.29, 1.82) is 0 Å². The highest BCUT2D eigenvalue weighted by Gasteiger charge is 2.17. The van der Waals surface area contributed by atoms with Gasteiger partial charge in [-0.3, -0.25) is 0 Å². The molecule has 4 N–H and O–H groups in total. The predicted octanol–water partition coefficient (Wildman–Crippen LogP) is 2.33. The molecule has 114 valence electrons. The number of nitrogens with one attached hydrogen (secondary N) is 1. The number of nitrogens with zero attached hydrogens (tertiary/aromatic N) is 2. The largest absolute Gasteiger partial charge is 0.409 e. The number of oxime groups is 1. The molecular weight excluding hydrogens is 275 g/mol. The quantitative estimate of drug-likeness (QED) is 0.338. The molecule has 0 aromatic heterocycles. The maximum absolute atomic E-state index is 13.3. The predicted molar refractivity (Wildman–Crippen MR) is 78.0 cm³/mol. The second kappa shape index (κ2) is 6.92. The molecule has 21 heavy (non-hydrogen) atoms. The van der Waals surface area contributed by atoms with Crippen molar-refractivity contribution in [3.05, 3.63) is 29.6 Å². The number of benzene rings is 1. The second-order valence-corrected chi connectivity index (χ2v) is 5.01. The van der Waals surface area contributed by atoms with E-state index in [1.54, 1.807) is 4.90 Å². The number of urea groups is 1. The molecule has 2 rings (SSSR count). The van der Waals surface area contributed by atoms with E-state index in [4.69, 9.17) is 10.9 Å². The number of nitrogens with two attached hydrogens (primary N) is 1. The molecule has 0 spiro atoms. The van der Waals surface area contributed by atoms with Crippen LogP contribution in [0.25, 0.3) is 0 Å². The van der Waals surface area contributed by atoms with Gasteiger partial charge in [-0.15, -0.1) is 0 Å². The third-order valence-corrected chi connectivity index (χ3v) is 3.50. The van der Waals surface area contributed by atoms with E-state index in [9.17, 15) is 9.18 Å². The van der Waals surface area contributed by atoms with Crippen LogP contribution in [0.15, 0.2) is 23.4 Å². The molecular formula is C14H19FN4O2. The summed E-state index contributed by atoms with van der Waals surface area (Å²) in [5.41, 5.74) is 5.99. The zero-order valence-corrected chi connectivity index (χ0v) is 11.7. The highest BCUT2D eigenvalue weighted by Crippen LogP contribution is 2.18. The van der Waals surface area contributed by atoms with Crippen LogP contribution in [0, 0.1) is 5.82 Å². The summed E-state index contributed by atoms with van der Waals surface area (Å²) in [6.45, 7) is 1.40. The zero-order chi connectivity index (χ0) is 15.2. The van der Waals surface area contributed by atoms with Crippen molar-refractivity contribution in [1.82, 2.24) is 4.90 Å². The van der Waals surface area contributed by atoms with Crippen LogP contribution < -0.4 is 11.1 Å². The highest BCUT2D eigenvalue weighted by atomic mass is 19.1. The number of carbonyl (C=O) groups is 1. The molecule has 0 saturated carbocycles. The first-order valence-corrected chi connectivity index (χ1v) is 6.95. The molecule has 1 aliphatic rings. The minimum atomic E-state index is -0.524. The fourth-order valence-corrected chi connectivity index (χ4v) is 2.36. The Morgan fingerprint density at radius 2 is 1.95 bits per heavy atom. The molecule has 1 fully saturated rings. The summed E-state index contributed by atoms with van der Waals surface area (Å²) in [4.78, 5) is 14.0. The molecule has 2 amide bonds. The SMILES string of the molecule is N/C(=N/O)c1cc(F)ccc1NC(=O)N1CCCCCC1. The maximum Gasteiger partial charge on any atom is 0.321 e. The Morgan fingerprint density at radius 3 is 2.57 bits per heavy atom. The standard InChI is InChI=1S/C14H19FN4O2/c15-10-5-6-12(11(9-10)13(16)18-21)17-14(20)19-7-3-1-2-4-8-19/h5-6,9,21H,1-4,7-8H2,(H2,16,18)(H,17,20). The van der Waals surface area contributed by atoms with E-state index in [1.807, 2.05) is 0 Å². The van der Waals surface area contributed by atoms with Crippen molar-refractivity contribution in [2.45, 2.75) is 25.7 Å². The monoisotopic (exact) mass is 294 g/mol. The van der Waals surface area contributed by atoms with Crippen LogP contribution in [0.3, 0.4) is 0 Å². The minimum absolute atomic E-state index is 0.153. The van der Waals surface area contributed by atoms with Gasteiger partial charge >= 0.3 is 6.03 Å². The van der Waals surface area contributed by atoms with Crippen molar-refractivity contribution in [2.24, 2.45) is 10.9 Å². The first kappa shape index (κ1) is 15.1. The fraction of sp³-hybridized carbons (Fsp3) is 0.429. The van der Waals surface area contributed by atoms with Crippen molar-refractivity contribution < 1.29 is 14.4 Å². The summed E-state index contributed by atoms with van der Waals surface area (Å²) in [6, 6.07) is 3.48. The minimum Gasteiger partial charge on any atom is -0.409 e. The van der Waals surface area contributed by atoms with Crippen LogP contribution in [0.2, 0.25) is 0 Å². The van der Waals surface area contributed by atoms with E-state index in [2.05, 4.69) is 10.5 Å². The molecule has 1 aliphatic heterocycles. The number of amides is 2. The van der Waals surface area contributed by atoms with Crippen LogP contribution in [-0.4, -0.2) is 35.1 Å². The summed E-state index contributed by atoms with van der Waals surface area (Å²) in [6.07, 6.45) is 4.19. The molecule has 0 atom stereocenters. The van der Waals surface area contributed by atoms with Gasteiger partial charge in [-0.2, -0.15) is 0 Å². The summed E-state index contributed by atoms with van der Waals surface area (Å²) >= 11 is 0. The summed E-state index contributed by atoms with van der Waals surface area (Å²) in [7, 11) is 0. The van der Waals surface area contributed by atoms with Crippen molar-refractivity contribution in [2.75, 3.05) is 18.4 Å². The van der Waals surface area contributed by atoms with Gasteiger partial charge in [0.2, 0.25) is 0 Å². The average molecular weight is 294 g/mol. The lowest BCUT2D eigenvalue weighted by molar-refractivity contribution is 0.213. The van der Waals surface area contributed by atoms with Crippen LogP contribution in [0.5, 0.6) is 0 Å². The Labute approximate surface area is 122 Å². The van der Waals surface area contributed by atoms with E-state index in [0.29, 0.717) is 18.8 Å². The van der Waals surface area contributed by atoms with Gasteiger partial charge in [-0.1, -0.05) is 18.0 Å². The number of hydrogen-bond donors (Lipinski definition) is 3. The second-order valence-electron chi connectivity index (χ2n) is 5.01. The first-order chi connectivity index (χ1) is 10.1. The molecule has 1 aromatic rings. The lowest BCUT2D eigenvalue weighted by Gasteiger charge is -2.21. The van der Waals surface area contributed by atoms with Gasteiger partial charge in [-0.05, 0) is 31.0 Å². The molecule has 1 saturated heterocycles. The number of amidine groups is 1. The van der Waals surface area contributed by atoms with Gasteiger partial charge < -0.3 is 21.2 Å². The number of rotatable bonds is 2. The Hall–Kier alpha value is -2.31. The number of halogens is 1. The maximum atomic E-state index is 13.3. The van der Waals surface area contributed by atoms with Gasteiger partial charge in [0.1, 0.15) is 5.82 Å². The van der Waals surface area contributed by atoms with Gasteiger partial charge in [0.15, 0.2) is 5.84 Å². The van der Waals surface area contributed by atoms with Crippen LogP contribution in [-0.2, 0) is 0 Å². The van der Waals surface area contributed by atoms with Crippen LogP contribution in [0.1, 0.15) is 31.2 Å². The molecule has 1 heterocycles. The smallest absolute Gasteiger partial charge is 0.321 e. The molecule has 6 nitrogen and oxygen atoms in total. The number of hydrogen-bond acceptors (Lipinski definition) is 3. The average Bonchev–Trinajstić information content (AvgIpc) is 2.77. The van der Waals surface area contributed by atoms with Gasteiger partial charge in [-0.25, -0.2) is 9.18 Å². The lowest BCUT2D eigenvalue weighted by Crippen LogP contribution is -2.36. The summed E-state index contributed by atoms with van der Waals surface area (Å²) in [5.74, 6) is -0.773. The number of carbonyl (C=O) groups excluding carboxylic acids is 1. The number of likely N-dealkylation sites (tertiary alicyclic amines) is 1. The van der Waals surface area contributed by atoms with E-state index in [1.165, 1.54) is 12.1 Å². The molecule has 0 radical (unpaired) electrons. The zero-order valence-electron chi connectivity index (χ0n) is 11.7. The van der Waals surface area contributed by atoms with E-state index < -0.39 is 5.82 Å². The van der Waals surface area contributed by atoms with Gasteiger partial charge in [0, 0.05) is 18.7 Å². The topological polar surface area (TPSA) is 91.0 Å². The Morgan fingerprint density at radius 1 is 1.29 bits per heavy atom. The van der Waals surface area contributed by atoms with Crippen molar-refractivity contribution >= 4 is 17.6 Å². The summed E-state index contributed by atoms with van der Waals surface area (Å²) < 4.78 is 13.3. The van der Waals surface area contributed by atoms with Crippen molar-refractivity contribution in [3.8, 4) is 0 Å². The first-order valence-electron chi connectivity index (χ1n) is 6.95. The van der Waals surface area contributed by atoms with E-state index in [-0.39, 0.29) is 17.4 Å². The van der Waals surface area contributed by atoms with Gasteiger partial charge in [0.25, 0.3) is 0 Å². The molecule has 7 heteroatoms. The van der Waals surface area contributed by atoms with E-state index >= 15 is 0 Å². The van der Waals surface area contributed by atoms with E-state index in [0.717, 1.165) is 31.7 Å². The Kier molecular flexibility index (Phi) is 4.97. The van der Waals surface area contributed by atoms with Crippen molar-refractivity contribution in [3.63, 3.8) is 0 Å². The normalized spacial score (nSPS) is 16.4. The van der Waals surface area contributed by atoms with Gasteiger partial charge in [0.05, 0.1) is 5.69 Å². The Bertz CT molecular complexity index is 540. The third-order valence-electron chi connectivity index (χ3n) is 3.50. The highest BCUT2D eigenvalue weighted by molar-refractivity contribution is 6.05. The molecule has 0 aliphatic carbocycles. The summed E-state index contributed by atoms with van der Waals surface area (Å²) in [5, 5.41) is 14.3. The lowest BCUT2D eigenvalue weighted by atomic mass is 10.1.